The molecule has 0 aliphatic carbocycles. The molecule has 0 aliphatic heterocycles. The molecule has 2 rings (SSSR count). The van der Waals surface area contributed by atoms with Crippen molar-refractivity contribution in [1.29, 1.82) is 0 Å². The van der Waals surface area contributed by atoms with E-state index in [2.05, 4.69) is 15.4 Å². The predicted octanol–water partition coefficient (Wildman–Crippen LogP) is 2.10. The smallest absolute Gasteiger partial charge is 0.406 e. The van der Waals surface area contributed by atoms with Gasteiger partial charge in [0.1, 0.15) is 5.75 Å². The van der Waals surface area contributed by atoms with Crippen LogP contribution in [0, 0.1) is 0 Å². The molecule has 2 amide bonds. The molecule has 0 unspecified atom stereocenters. The van der Waals surface area contributed by atoms with Crippen LogP contribution in [0.3, 0.4) is 0 Å². The molecule has 7 nitrogen and oxygen atoms in total. The van der Waals surface area contributed by atoms with Crippen molar-refractivity contribution in [2.75, 3.05) is 11.9 Å². The van der Waals surface area contributed by atoms with Gasteiger partial charge in [-0.15, -0.1) is 13.2 Å². The van der Waals surface area contributed by atoms with Crippen LogP contribution in [0.2, 0.25) is 0 Å². The van der Waals surface area contributed by atoms with E-state index in [1.54, 1.807) is 29.9 Å². The summed E-state index contributed by atoms with van der Waals surface area (Å²) < 4.78 is 41.7. The second-order valence-corrected chi connectivity index (χ2v) is 5.63. The highest BCUT2D eigenvalue weighted by molar-refractivity contribution is 6.39. The third kappa shape index (κ3) is 6.33. The number of nitrogens with zero attached hydrogens (tertiary/aromatic N) is 1. The Kier molecular flexibility index (Phi) is 6.45. The van der Waals surface area contributed by atoms with Crippen LogP contribution in [0.4, 0.5) is 18.9 Å². The van der Waals surface area contributed by atoms with Crippen molar-refractivity contribution in [3.63, 3.8) is 0 Å². The van der Waals surface area contributed by atoms with Crippen molar-refractivity contribution in [2.24, 2.45) is 7.05 Å². The van der Waals surface area contributed by atoms with Gasteiger partial charge in [-0.2, -0.15) is 0 Å². The zero-order chi connectivity index (χ0) is 20.0. The molecule has 1 atom stereocenters. The zero-order valence-corrected chi connectivity index (χ0v) is 14.3. The summed E-state index contributed by atoms with van der Waals surface area (Å²) in [6, 6.07) is 7.88. The van der Waals surface area contributed by atoms with Crippen LogP contribution in [0.1, 0.15) is 18.2 Å². The largest absolute Gasteiger partial charge is 0.573 e. The van der Waals surface area contributed by atoms with Crippen LogP contribution >= 0.6 is 0 Å². The Balaban J connectivity index is 1.78. The number of ether oxygens (including phenoxy) is 1. The molecule has 0 saturated heterocycles. The van der Waals surface area contributed by atoms with E-state index in [1.165, 1.54) is 12.1 Å². The maximum absolute atomic E-state index is 12.1. The third-order valence-corrected chi connectivity index (χ3v) is 3.58. The Morgan fingerprint density at radius 3 is 2.41 bits per heavy atom. The molecule has 0 aliphatic rings. The average molecular weight is 385 g/mol. The number of halogens is 3. The normalized spacial score (nSPS) is 12.3. The molecule has 0 bridgehead atoms. The molecule has 0 spiro atoms. The highest BCUT2D eigenvalue weighted by atomic mass is 19.4. The zero-order valence-electron chi connectivity index (χ0n) is 14.3. The fraction of sp³-hybridized carbons (Fsp3) is 0.294. The van der Waals surface area contributed by atoms with Crippen LogP contribution < -0.4 is 15.4 Å². The molecule has 1 aromatic heterocycles. The molecule has 1 heterocycles. The minimum absolute atomic E-state index is 0.0664. The van der Waals surface area contributed by atoms with Crippen molar-refractivity contribution in [1.82, 2.24) is 9.88 Å². The minimum atomic E-state index is -4.81. The van der Waals surface area contributed by atoms with Crippen LogP contribution in [-0.2, 0) is 16.6 Å². The van der Waals surface area contributed by atoms with Gasteiger partial charge in [-0.05, 0) is 42.8 Å². The Hall–Kier alpha value is -3.01. The number of aliphatic hydroxyl groups excluding tert-OH is 1. The lowest BCUT2D eigenvalue weighted by atomic mass is 10.2. The average Bonchev–Trinajstić information content (AvgIpc) is 3.01. The maximum atomic E-state index is 12.1. The van der Waals surface area contributed by atoms with Gasteiger partial charge in [0.15, 0.2) is 0 Å². The first kappa shape index (κ1) is 20.3. The first-order valence-electron chi connectivity index (χ1n) is 7.90. The quantitative estimate of drug-likeness (QED) is 0.664. The number of alkyl halides is 3. The van der Waals surface area contributed by atoms with Crippen molar-refractivity contribution >= 4 is 17.5 Å². The molecule has 2 aromatic rings. The van der Waals surface area contributed by atoms with Crippen LogP contribution in [-0.4, -0.2) is 34.4 Å². The topological polar surface area (TPSA) is 92.6 Å². The fourth-order valence-electron chi connectivity index (χ4n) is 2.30. The molecule has 1 aromatic carbocycles. The number of nitrogens with one attached hydrogen (secondary N) is 2. The highest BCUT2D eigenvalue weighted by Crippen LogP contribution is 2.23. The van der Waals surface area contributed by atoms with E-state index in [0.29, 0.717) is 5.69 Å². The number of aromatic nitrogens is 1. The number of rotatable bonds is 6. The molecule has 146 valence electrons. The van der Waals surface area contributed by atoms with Crippen molar-refractivity contribution in [3.8, 4) is 5.75 Å². The Morgan fingerprint density at radius 2 is 1.85 bits per heavy atom. The number of benzene rings is 1. The fourth-order valence-corrected chi connectivity index (χ4v) is 2.30. The molecule has 0 radical (unpaired) electrons. The van der Waals surface area contributed by atoms with Gasteiger partial charge in [-0.25, -0.2) is 0 Å². The van der Waals surface area contributed by atoms with Gasteiger partial charge < -0.3 is 25.0 Å². The van der Waals surface area contributed by atoms with E-state index in [0.717, 1.165) is 12.1 Å². The number of aliphatic hydroxyl groups is 1. The second kappa shape index (κ2) is 8.58. The molecule has 27 heavy (non-hydrogen) atoms. The summed E-state index contributed by atoms with van der Waals surface area (Å²) in [6.07, 6.45) is -3.63. The summed E-state index contributed by atoms with van der Waals surface area (Å²) in [7, 11) is 1.77. The lowest BCUT2D eigenvalue weighted by Crippen LogP contribution is -2.36. The number of carbonyl (C=O) groups is 2. The van der Waals surface area contributed by atoms with Gasteiger partial charge in [0.2, 0.25) is 0 Å². The third-order valence-electron chi connectivity index (χ3n) is 3.58. The summed E-state index contributed by atoms with van der Waals surface area (Å²) in [5, 5.41) is 14.6. The molecule has 3 N–H and O–H groups in total. The number of anilines is 1. The number of aryl methyl sites for hydroxylation is 1. The Labute approximate surface area is 152 Å². The summed E-state index contributed by atoms with van der Waals surface area (Å²) in [4.78, 5) is 23.5. The van der Waals surface area contributed by atoms with Gasteiger partial charge >= 0.3 is 18.2 Å². The number of hydrogen-bond donors (Lipinski definition) is 3. The van der Waals surface area contributed by atoms with Crippen molar-refractivity contribution < 1.29 is 32.6 Å². The lowest BCUT2D eigenvalue weighted by Gasteiger charge is -2.12. The molecule has 0 fully saturated rings. The monoisotopic (exact) mass is 385 g/mol. The number of hydrogen-bond acceptors (Lipinski definition) is 4. The van der Waals surface area contributed by atoms with Crippen molar-refractivity contribution in [3.05, 3.63) is 48.3 Å². The van der Waals surface area contributed by atoms with E-state index in [1.807, 2.05) is 0 Å². The Bertz CT molecular complexity index is 787. The van der Waals surface area contributed by atoms with Gasteiger partial charge in [-0.3, -0.25) is 9.59 Å². The van der Waals surface area contributed by atoms with E-state index in [4.69, 9.17) is 0 Å². The van der Waals surface area contributed by atoms with E-state index < -0.39 is 30.0 Å². The lowest BCUT2D eigenvalue weighted by molar-refractivity contribution is -0.274. The number of amides is 2. The standard InChI is InChI=1S/C17H18F3N3O4/c1-23-10-2-3-13(23)14(24)8-9-21-15(25)16(26)22-11-4-6-12(7-5-11)27-17(18,19)20/h2-7,10,14,24H,8-9H2,1H3,(H,21,25)(H,22,26)/t14-/m0/s1. The van der Waals surface area contributed by atoms with E-state index in [-0.39, 0.29) is 18.7 Å². The van der Waals surface area contributed by atoms with Crippen LogP contribution in [0.15, 0.2) is 42.6 Å². The van der Waals surface area contributed by atoms with Crippen LogP contribution in [0.25, 0.3) is 0 Å². The van der Waals surface area contributed by atoms with E-state index >= 15 is 0 Å². The van der Waals surface area contributed by atoms with Gasteiger partial charge in [0.05, 0.1) is 6.10 Å². The van der Waals surface area contributed by atoms with Gasteiger partial charge in [0.25, 0.3) is 0 Å². The predicted molar refractivity (Wildman–Crippen MR) is 89.8 cm³/mol. The number of carbonyl (C=O) groups excluding carboxylic acids is 2. The summed E-state index contributed by atoms with van der Waals surface area (Å²) in [5.74, 6) is -2.35. The Morgan fingerprint density at radius 1 is 1.19 bits per heavy atom. The first-order valence-corrected chi connectivity index (χ1v) is 7.90. The second-order valence-electron chi connectivity index (χ2n) is 5.63. The maximum Gasteiger partial charge on any atom is 0.573 e. The highest BCUT2D eigenvalue weighted by Gasteiger charge is 2.31. The molecular formula is C17H18F3N3O4. The van der Waals surface area contributed by atoms with Crippen LogP contribution in [0.5, 0.6) is 5.75 Å². The molecule has 0 saturated carbocycles. The van der Waals surface area contributed by atoms with Crippen molar-refractivity contribution in [2.45, 2.75) is 18.9 Å². The first-order chi connectivity index (χ1) is 12.7. The SMILES string of the molecule is Cn1cccc1[C@@H](O)CCNC(=O)C(=O)Nc1ccc(OC(F)(F)F)cc1. The summed E-state index contributed by atoms with van der Waals surface area (Å²) >= 11 is 0. The summed E-state index contributed by atoms with van der Waals surface area (Å²) in [6.45, 7) is 0.0664. The minimum Gasteiger partial charge on any atom is -0.406 e. The summed E-state index contributed by atoms with van der Waals surface area (Å²) in [5.41, 5.74) is 0.809. The molecular weight excluding hydrogens is 367 g/mol. The van der Waals surface area contributed by atoms with E-state index in [9.17, 15) is 27.9 Å². The van der Waals surface area contributed by atoms with Gasteiger partial charge in [-0.1, -0.05) is 0 Å². The molecule has 10 heteroatoms. The van der Waals surface area contributed by atoms with Gasteiger partial charge in [0, 0.05) is 31.2 Å².